The monoisotopic (exact) mass is 426 g/mol. The maximum atomic E-state index is 10.5. The van der Waals surface area contributed by atoms with Crippen LogP contribution < -0.4 is 20.1 Å². The summed E-state index contributed by atoms with van der Waals surface area (Å²) in [5.41, 5.74) is 1.85. The van der Waals surface area contributed by atoms with Crippen LogP contribution in [-0.2, 0) is 6.54 Å². The largest absolute Gasteiger partial charge is 0.491 e. The van der Waals surface area contributed by atoms with Crippen LogP contribution in [0.15, 0.2) is 47.6 Å². The van der Waals surface area contributed by atoms with Crippen LogP contribution in [0.5, 0.6) is 11.6 Å². The van der Waals surface area contributed by atoms with Gasteiger partial charge in [0.25, 0.3) is 0 Å². The summed E-state index contributed by atoms with van der Waals surface area (Å²) < 4.78 is 11.4. The SMILES string of the molecule is CCNC(=NCc1ccnc(OCC2CC2)c1)NCC(O)c1ccc(OC(C)C)cc1. The number of hydrogen-bond acceptors (Lipinski definition) is 5. The highest BCUT2D eigenvalue weighted by molar-refractivity contribution is 5.79. The molecule has 1 aliphatic rings. The molecule has 1 fully saturated rings. The Balaban J connectivity index is 1.52. The van der Waals surface area contributed by atoms with Crippen LogP contribution in [0, 0.1) is 5.92 Å². The molecule has 1 atom stereocenters. The third kappa shape index (κ3) is 8.09. The Morgan fingerprint density at radius 3 is 2.65 bits per heavy atom. The van der Waals surface area contributed by atoms with E-state index in [1.54, 1.807) is 6.20 Å². The summed E-state index contributed by atoms with van der Waals surface area (Å²) in [5, 5.41) is 17.0. The van der Waals surface area contributed by atoms with Crippen LogP contribution in [0.25, 0.3) is 0 Å². The average molecular weight is 427 g/mol. The molecule has 1 aromatic heterocycles. The van der Waals surface area contributed by atoms with Gasteiger partial charge in [-0.1, -0.05) is 12.1 Å². The molecule has 3 rings (SSSR count). The maximum absolute atomic E-state index is 10.5. The minimum absolute atomic E-state index is 0.123. The third-order valence-electron chi connectivity index (χ3n) is 4.83. The quantitative estimate of drug-likeness (QED) is 0.377. The summed E-state index contributed by atoms with van der Waals surface area (Å²) in [7, 11) is 0. The number of benzene rings is 1. The van der Waals surface area contributed by atoms with Crippen LogP contribution in [-0.4, -0.2) is 41.9 Å². The second-order valence-electron chi connectivity index (χ2n) is 8.08. The normalized spacial score (nSPS) is 14.9. The molecule has 0 radical (unpaired) electrons. The second-order valence-corrected chi connectivity index (χ2v) is 8.08. The Labute approximate surface area is 184 Å². The first kappa shape index (κ1) is 22.9. The molecule has 0 saturated heterocycles. The van der Waals surface area contributed by atoms with Crippen molar-refractivity contribution in [2.75, 3.05) is 19.7 Å². The summed E-state index contributed by atoms with van der Waals surface area (Å²) >= 11 is 0. The molecule has 1 unspecified atom stereocenters. The van der Waals surface area contributed by atoms with E-state index >= 15 is 0 Å². The number of hydrogen-bond donors (Lipinski definition) is 3. The van der Waals surface area contributed by atoms with E-state index in [0.717, 1.165) is 30.0 Å². The van der Waals surface area contributed by atoms with Crippen molar-refractivity contribution in [2.45, 2.75) is 52.4 Å². The molecular formula is C24H34N4O3. The number of pyridine rings is 1. The van der Waals surface area contributed by atoms with Gasteiger partial charge in [0.2, 0.25) is 5.88 Å². The Morgan fingerprint density at radius 2 is 1.97 bits per heavy atom. The van der Waals surface area contributed by atoms with Gasteiger partial charge >= 0.3 is 0 Å². The number of guanidine groups is 1. The highest BCUT2D eigenvalue weighted by atomic mass is 16.5. The van der Waals surface area contributed by atoms with Gasteiger partial charge in [-0.25, -0.2) is 9.98 Å². The van der Waals surface area contributed by atoms with Crippen molar-refractivity contribution >= 4 is 5.96 Å². The van der Waals surface area contributed by atoms with Crippen molar-refractivity contribution < 1.29 is 14.6 Å². The van der Waals surface area contributed by atoms with Gasteiger partial charge in [0.1, 0.15) is 5.75 Å². The lowest BCUT2D eigenvalue weighted by atomic mass is 10.1. The molecule has 0 spiro atoms. The highest BCUT2D eigenvalue weighted by Gasteiger charge is 2.22. The smallest absolute Gasteiger partial charge is 0.213 e. The van der Waals surface area contributed by atoms with Crippen molar-refractivity contribution in [3.63, 3.8) is 0 Å². The van der Waals surface area contributed by atoms with E-state index in [1.165, 1.54) is 12.8 Å². The van der Waals surface area contributed by atoms with Crippen molar-refractivity contribution in [2.24, 2.45) is 10.9 Å². The van der Waals surface area contributed by atoms with E-state index in [-0.39, 0.29) is 6.10 Å². The fourth-order valence-electron chi connectivity index (χ4n) is 2.98. The molecule has 168 valence electrons. The first-order valence-electron chi connectivity index (χ1n) is 11.1. The lowest BCUT2D eigenvalue weighted by Crippen LogP contribution is -2.39. The summed E-state index contributed by atoms with van der Waals surface area (Å²) in [6, 6.07) is 11.4. The Hall–Kier alpha value is -2.80. The van der Waals surface area contributed by atoms with Crippen LogP contribution in [0.1, 0.15) is 50.8 Å². The zero-order valence-corrected chi connectivity index (χ0v) is 18.7. The predicted molar refractivity (Wildman–Crippen MR) is 122 cm³/mol. The lowest BCUT2D eigenvalue weighted by molar-refractivity contribution is 0.180. The molecule has 1 heterocycles. The Kier molecular flexibility index (Phi) is 8.53. The molecular weight excluding hydrogens is 392 g/mol. The van der Waals surface area contributed by atoms with Gasteiger partial charge in [0.15, 0.2) is 5.96 Å². The molecule has 7 heteroatoms. The number of aliphatic hydroxyl groups excluding tert-OH is 1. The summed E-state index contributed by atoms with van der Waals surface area (Å²) in [5.74, 6) is 2.79. The number of nitrogens with one attached hydrogen (secondary N) is 2. The Morgan fingerprint density at radius 1 is 1.19 bits per heavy atom. The zero-order valence-electron chi connectivity index (χ0n) is 18.7. The van der Waals surface area contributed by atoms with E-state index in [4.69, 9.17) is 9.47 Å². The summed E-state index contributed by atoms with van der Waals surface area (Å²) in [6.45, 7) is 8.31. The number of ether oxygens (including phenoxy) is 2. The zero-order chi connectivity index (χ0) is 22.1. The molecule has 2 aromatic rings. The van der Waals surface area contributed by atoms with Crippen molar-refractivity contribution in [3.8, 4) is 11.6 Å². The average Bonchev–Trinajstić information content (AvgIpc) is 3.59. The molecule has 3 N–H and O–H groups in total. The minimum atomic E-state index is -0.652. The van der Waals surface area contributed by atoms with E-state index < -0.39 is 6.10 Å². The van der Waals surface area contributed by atoms with Gasteiger partial charge in [0, 0.05) is 25.4 Å². The van der Waals surface area contributed by atoms with Gasteiger partial charge in [-0.2, -0.15) is 0 Å². The summed E-state index contributed by atoms with van der Waals surface area (Å²) in [4.78, 5) is 8.90. The second kappa shape index (κ2) is 11.6. The molecule has 1 aliphatic carbocycles. The molecule has 0 amide bonds. The molecule has 1 aromatic carbocycles. The molecule has 31 heavy (non-hydrogen) atoms. The van der Waals surface area contributed by atoms with Gasteiger partial charge in [0.05, 0.1) is 25.4 Å². The van der Waals surface area contributed by atoms with E-state index in [2.05, 4.69) is 20.6 Å². The fourth-order valence-corrected chi connectivity index (χ4v) is 2.98. The first-order valence-corrected chi connectivity index (χ1v) is 11.1. The van der Waals surface area contributed by atoms with Crippen LogP contribution in [0.2, 0.25) is 0 Å². The molecule has 0 bridgehead atoms. The first-order chi connectivity index (χ1) is 15.0. The van der Waals surface area contributed by atoms with Crippen molar-refractivity contribution in [3.05, 3.63) is 53.7 Å². The van der Waals surface area contributed by atoms with E-state index in [1.807, 2.05) is 57.2 Å². The van der Waals surface area contributed by atoms with Gasteiger partial charge in [-0.15, -0.1) is 0 Å². The predicted octanol–water partition coefficient (Wildman–Crippen LogP) is 3.45. The van der Waals surface area contributed by atoms with Crippen molar-refractivity contribution in [1.82, 2.24) is 15.6 Å². The van der Waals surface area contributed by atoms with E-state index in [0.29, 0.717) is 30.8 Å². The minimum Gasteiger partial charge on any atom is -0.491 e. The van der Waals surface area contributed by atoms with E-state index in [9.17, 15) is 5.11 Å². The maximum Gasteiger partial charge on any atom is 0.213 e. The number of nitrogens with zero attached hydrogens (tertiary/aromatic N) is 2. The van der Waals surface area contributed by atoms with Gasteiger partial charge in [-0.3, -0.25) is 0 Å². The molecule has 0 aliphatic heterocycles. The number of aliphatic imine (C=N–C) groups is 1. The number of aliphatic hydroxyl groups is 1. The highest BCUT2D eigenvalue weighted by Crippen LogP contribution is 2.29. The van der Waals surface area contributed by atoms with Gasteiger partial charge < -0.3 is 25.2 Å². The van der Waals surface area contributed by atoms with Crippen LogP contribution in [0.4, 0.5) is 0 Å². The topological polar surface area (TPSA) is 88.0 Å². The lowest BCUT2D eigenvalue weighted by Gasteiger charge is -2.16. The van der Waals surface area contributed by atoms with Crippen molar-refractivity contribution in [1.29, 1.82) is 0 Å². The standard InChI is InChI=1S/C24H34N4O3/c1-4-25-24(27-14-19-11-12-26-23(13-19)30-16-18-5-6-18)28-15-22(29)20-7-9-21(10-8-20)31-17(2)3/h7-13,17-18,22,29H,4-6,14-16H2,1-3H3,(H2,25,27,28). The number of rotatable bonds is 11. The fraction of sp³-hybridized carbons (Fsp3) is 0.500. The molecule has 1 saturated carbocycles. The Bertz CT molecular complexity index is 835. The van der Waals surface area contributed by atoms with Crippen LogP contribution in [0.3, 0.4) is 0 Å². The summed E-state index contributed by atoms with van der Waals surface area (Å²) in [6.07, 6.45) is 3.73. The third-order valence-corrected chi connectivity index (χ3v) is 4.83. The van der Waals surface area contributed by atoms with Gasteiger partial charge in [-0.05, 0) is 68.9 Å². The van der Waals surface area contributed by atoms with Crippen LogP contribution >= 0.6 is 0 Å². The molecule has 7 nitrogen and oxygen atoms in total. The number of aromatic nitrogens is 1.